The van der Waals surface area contributed by atoms with Crippen LogP contribution in [0.15, 0.2) is 18.2 Å². The molecule has 0 radical (unpaired) electrons. The average Bonchev–Trinajstić information content (AvgIpc) is 3.06. The van der Waals surface area contributed by atoms with E-state index in [1.165, 1.54) is 5.56 Å². The second kappa shape index (κ2) is 5.85. The standard InChI is InChI=1S/C16H22N4OS/c1-5-11-7-8-13-12(9-11)17-15(22-13)20-14(18(3)4)10-19(6-2)16(20)21/h7-9,14H,5-6,10H2,1-4H3. The molecule has 1 aliphatic rings. The molecule has 1 aromatic heterocycles. The van der Waals surface area contributed by atoms with Crippen molar-refractivity contribution < 1.29 is 4.79 Å². The number of benzene rings is 1. The first-order valence-corrected chi connectivity index (χ1v) is 8.50. The van der Waals surface area contributed by atoms with Crippen molar-refractivity contribution in [1.29, 1.82) is 0 Å². The summed E-state index contributed by atoms with van der Waals surface area (Å²) in [6.07, 6.45) is 1.04. The molecule has 2 amide bonds. The Hall–Kier alpha value is -1.66. The van der Waals surface area contributed by atoms with Crippen molar-refractivity contribution >= 4 is 32.7 Å². The number of rotatable bonds is 4. The number of urea groups is 1. The number of anilines is 1. The predicted molar refractivity (Wildman–Crippen MR) is 91.6 cm³/mol. The highest BCUT2D eigenvalue weighted by atomic mass is 32.1. The second-order valence-corrected chi connectivity index (χ2v) is 6.80. The molecule has 0 spiro atoms. The molecule has 0 bridgehead atoms. The zero-order valence-corrected chi connectivity index (χ0v) is 14.4. The van der Waals surface area contributed by atoms with Gasteiger partial charge in [0.25, 0.3) is 0 Å². The molecule has 1 aromatic carbocycles. The molecule has 3 rings (SSSR count). The third-order valence-corrected chi connectivity index (χ3v) is 5.23. The number of likely N-dealkylation sites (N-methyl/N-ethyl adjacent to an activating group) is 2. The summed E-state index contributed by atoms with van der Waals surface area (Å²) in [6, 6.07) is 6.42. The maximum absolute atomic E-state index is 12.6. The highest BCUT2D eigenvalue weighted by Crippen LogP contribution is 2.33. The first-order chi connectivity index (χ1) is 10.5. The van der Waals surface area contributed by atoms with Crippen molar-refractivity contribution in [3.63, 3.8) is 0 Å². The maximum Gasteiger partial charge on any atom is 0.327 e. The zero-order chi connectivity index (χ0) is 15.9. The summed E-state index contributed by atoms with van der Waals surface area (Å²) in [4.78, 5) is 23.2. The number of nitrogens with zero attached hydrogens (tertiary/aromatic N) is 4. The van der Waals surface area contributed by atoms with Crippen molar-refractivity contribution in [3.8, 4) is 0 Å². The van der Waals surface area contributed by atoms with E-state index in [1.54, 1.807) is 11.3 Å². The summed E-state index contributed by atoms with van der Waals surface area (Å²) < 4.78 is 1.13. The fraction of sp³-hybridized carbons (Fsp3) is 0.500. The number of amides is 2. The van der Waals surface area contributed by atoms with Gasteiger partial charge in [-0.15, -0.1) is 0 Å². The van der Waals surface area contributed by atoms with Gasteiger partial charge >= 0.3 is 6.03 Å². The molecule has 1 fully saturated rings. The van der Waals surface area contributed by atoms with Crippen LogP contribution in [0.2, 0.25) is 0 Å². The fourth-order valence-electron chi connectivity index (χ4n) is 2.79. The molecule has 2 heterocycles. The third-order valence-electron chi connectivity index (χ3n) is 4.19. The van der Waals surface area contributed by atoms with Crippen LogP contribution in [0.4, 0.5) is 9.93 Å². The van der Waals surface area contributed by atoms with Gasteiger partial charge < -0.3 is 4.90 Å². The van der Waals surface area contributed by atoms with Crippen LogP contribution in [0.5, 0.6) is 0 Å². The molecule has 0 N–H and O–H groups in total. The Morgan fingerprint density at radius 3 is 2.77 bits per heavy atom. The van der Waals surface area contributed by atoms with Crippen LogP contribution >= 0.6 is 11.3 Å². The van der Waals surface area contributed by atoms with E-state index in [2.05, 4.69) is 30.0 Å². The van der Waals surface area contributed by atoms with Gasteiger partial charge in [-0.3, -0.25) is 9.80 Å². The van der Waals surface area contributed by atoms with E-state index in [0.29, 0.717) is 0 Å². The Kier molecular flexibility index (Phi) is 4.06. The smallest absolute Gasteiger partial charge is 0.321 e. The molecule has 1 aliphatic heterocycles. The number of aromatic nitrogens is 1. The summed E-state index contributed by atoms with van der Waals surface area (Å²) in [5.41, 5.74) is 2.26. The van der Waals surface area contributed by atoms with Crippen LogP contribution in [0.3, 0.4) is 0 Å². The Morgan fingerprint density at radius 2 is 2.14 bits per heavy atom. The summed E-state index contributed by atoms with van der Waals surface area (Å²) in [6.45, 7) is 5.60. The zero-order valence-electron chi connectivity index (χ0n) is 13.5. The number of thiazole rings is 1. The predicted octanol–water partition coefficient (Wildman–Crippen LogP) is 3.01. The van der Waals surface area contributed by atoms with Gasteiger partial charge in [-0.2, -0.15) is 0 Å². The van der Waals surface area contributed by atoms with Crippen LogP contribution in [0, 0.1) is 0 Å². The molecule has 0 aliphatic carbocycles. The fourth-order valence-corrected chi connectivity index (χ4v) is 3.77. The van der Waals surface area contributed by atoms with Gasteiger partial charge in [-0.05, 0) is 45.1 Å². The topological polar surface area (TPSA) is 39.7 Å². The number of fused-ring (bicyclic) bond motifs is 1. The van der Waals surface area contributed by atoms with E-state index in [4.69, 9.17) is 4.98 Å². The highest BCUT2D eigenvalue weighted by molar-refractivity contribution is 7.22. The first-order valence-electron chi connectivity index (χ1n) is 7.69. The lowest BCUT2D eigenvalue weighted by molar-refractivity contribution is 0.221. The minimum absolute atomic E-state index is 0.0404. The summed E-state index contributed by atoms with van der Waals surface area (Å²) in [5.74, 6) is 0. The van der Waals surface area contributed by atoms with Crippen LogP contribution in [-0.4, -0.2) is 54.2 Å². The number of hydrogen-bond donors (Lipinski definition) is 0. The molecule has 1 unspecified atom stereocenters. The minimum atomic E-state index is 0.0404. The molecule has 0 saturated carbocycles. The average molecular weight is 318 g/mol. The van der Waals surface area contributed by atoms with Gasteiger partial charge in [0.05, 0.1) is 16.8 Å². The first kappa shape index (κ1) is 15.2. The summed E-state index contributed by atoms with van der Waals surface area (Å²) >= 11 is 1.59. The van der Waals surface area contributed by atoms with Crippen molar-refractivity contribution in [2.45, 2.75) is 26.4 Å². The molecule has 1 atom stereocenters. The van der Waals surface area contributed by atoms with Crippen LogP contribution < -0.4 is 4.90 Å². The largest absolute Gasteiger partial charge is 0.327 e. The van der Waals surface area contributed by atoms with Gasteiger partial charge in [-0.1, -0.05) is 24.3 Å². The SMILES string of the molecule is CCc1ccc2sc(N3C(=O)N(CC)CC3N(C)C)nc2c1. The summed E-state index contributed by atoms with van der Waals surface area (Å²) in [7, 11) is 4.01. The second-order valence-electron chi connectivity index (χ2n) is 5.79. The van der Waals surface area contributed by atoms with E-state index in [9.17, 15) is 4.79 Å². The minimum Gasteiger partial charge on any atom is -0.321 e. The number of carbonyl (C=O) groups is 1. The Balaban J connectivity index is 2.02. The highest BCUT2D eigenvalue weighted by Gasteiger charge is 2.40. The number of carbonyl (C=O) groups excluding carboxylic acids is 1. The summed E-state index contributed by atoms with van der Waals surface area (Å²) in [5, 5.41) is 0.794. The van der Waals surface area contributed by atoms with Crippen molar-refractivity contribution in [2.24, 2.45) is 0 Å². The van der Waals surface area contributed by atoms with Crippen LogP contribution in [0.25, 0.3) is 10.2 Å². The quantitative estimate of drug-likeness (QED) is 0.870. The third kappa shape index (κ3) is 2.46. The van der Waals surface area contributed by atoms with Crippen LogP contribution in [0.1, 0.15) is 19.4 Å². The van der Waals surface area contributed by atoms with E-state index >= 15 is 0 Å². The lowest BCUT2D eigenvalue weighted by Gasteiger charge is -2.25. The maximum atomic E-state index is 12.6. The lowest BCUT2D eigenvalue weighted by atomic mass is 10.2. The molecule has 1 saturated heterocycles. The van der Waals surface area contributed by atoms with Gasteiger partial charge in [0.1, 0.15) is 6.17 Å². The van der Waals surface area contributed by atoms with Gasteiger partial charge in [0.15, 0.2) is 5.13 Å². The monoisotopic (exact) mass is 318 g/mol. The molecule has 5 nitrogen and oxygen atoms in total. The van der Waals surface area contributed by atoms with Crippen molar-refractivity contribution in [2.75, 3.05) is 32.1 Å². The molecular formula is C16H22N4OS. The van der Waals surface area contributed by atoms with Crippen molar-refractivity contribution in [1.82, 2.24) is 14.8 Å². The molecule has 6 heteroatoms. The van der Waals surface area contributed by atoms with E-state index in [1.807, 2.05) is 30.8 Å². The van der Waals surface area contributed by atoms with Crippen molar-refractivity contribution in [3.05, 3.63) is 23.8 Å². The molecular weight excluding hydrogens is 296 g/mol. The Bertz CT molecular complexity index is 697. The van der Waals surface area contributed by atoms with E-state index in [0.717, 1.165) is 34.9 Å². The lowest BCUT2D eigenvalue weighted by Crippen LogP contribution is -2.43. The molecule has 22 heavy (non-hydrogen) atoms. The van der Waals surface area contributed by atoms with E-state index in [-0.39, 0.29) is 12.2 Å². The number of hydrogen-bond acceptors (Lipinski definition) is 4. The van der Waals surface area contributed by atoms with Gasteiger partial charge in [0.2, 0.25) is 0 Å². The normalized spacial score (nSPS) is 19.0. The Morgan fingerprint density at radius 1 is 1.36 bits per heavy atom. The van der Waals surface area contributed by atoms with Crippen LogP contribution in [-0.2, 0) is 6.42 Å². The van der Waals surface area contributed by atoms with Gasteiger partial charge in [-0.25, -0.2) is 9.78 Å². The molecule has 2 aromatic rings. The Labute approximate surface area is 135 Å². The van der Waals surface area contributed by atoms with Gasteiger partial charge in [0, 0.05) is 6.54 Å². The molecule has 118 valence electrons. The van der Waals surface area contributed by atoms with E-state index < -0.39 is 0 Å². The number of aryl methyl sites for hydroxylation is 1.